The van der Waals surface area contributed by atoms with Crippen LogP contribution in [0.4, 0.5) is 0 Å². The van der Waals surface area contributed by atoms with Gasteiger partial charge < -0.3 is 5.32 Å². The molecule has 2 heteroatoms. The maximum absolute atomic E-state index is 11.5. The quantitative estimate of drug-likeness (QED) is 0.729. The summed E-state index contributed by atoms with van der Waals surface area (Å²) in [5.41, 5.74) is -0.364. The molecule has 0 fully saturated rings. The zero-order valence-corrected chi connectivity index (χ0v) is 11.1. The molecule has 0 saturated carbocycles. The molecule has 0 aliphatic rings. The predicted molar refractivity (Wildman–Crippen MR) is 63.3 cm³/mol. The summed E-state index contributed by atoms with van der Waals surface area (Å²) in [5, 5.41) is 3.01. The number of nitrogens with one attached hydrogen (secondary N) is 1. The minimum atomic E-state index is -0.285. The molecule has 0 aromatic heterocycles. The van der Waals surface area contributed by atoms with E-state index in [0.717, 1.165) is 6.42 Å². The first-order valence-corrected chi connectivity index (χ1v) is 5.51. The molecule has 0 aromatic carbocycles. The normalized spacial score (nSPS) is 11.4. The zero-order chi connectivity index (χ0) is 12.0. The molecule has 0 aliphatic heterocycles. The van der Waals surface area contributed by atoms with Crippen LogP contribution in [0.3, 0.4) is 0 Å². The fourth-order valence-electron chi connectivity index (χ4n) is 0.583. The second kappa shape index (κ2) is 6.05. The molecule has 0 spiro atoms. The highest BCUT2D eigenvalue weighted by molar-refractivity contribution is 5.81. The number of carbonyl (C=O) groups excluding carboxylic acids is 1. The van der Waals surface area contributed by atoms with Crippen molar-refractivity contribution in [2.45, 2.75) is 67.3 Å². The van der Waals surface area contributed by atoms with E-state index < -0.39 is 0 Å². The van der Waals surface area contributed by atoms with Crippen LogP contribution in [-0.2, 0) is 4.79 Å². The summed E-state index contributed by atoms with van der Waals surface area (Å²) >= 11 is 0. The number of hydrogen-bond donors (Lipinski definition) is 1. The molecule has 0 aromatic rings. The van der Waals surface area contributed by atoms with E-state index >= 15 is 0 Å². The maximum Gasteiger partial charge on any atom is 0.225 e. The first kappa shape index (κ1) is 15.9. The summed E-state index contributed by atoms with van der Waals surface area (Å²) in [6.45, 7) is 15.9. The van der Waals surface area contributed by atoms with Gasteiger partial charge in [-0.05, 0) is 20.3 Å². The van der Waals surface area contributed by atoms with Crippen LogP contribution in [-0.4, -0.2) is 11.4 Å². The standard InChI is InChI=1S/C10H21NO.C2H6/c1-7-10(5,6)11-8(12)9(2,3)4;1-2/h7H2,1-6H3,(H,11,12);1-2H3. The van der Waals surface area contributed by atoms with Crippen molar-refractivity contribution in [3.05, 3.63) is 0 Å². The fraction of sp³-hybridized carbons (Fsp3) is 0.917. The van der Waals surface area contributed by atoms with Crippen molar-refractivity contribution in [1.82, 2.24) is 5.32 Å². The minimum Gasteiger partial charge on any atom is -0.351 e. The molecule has 1 amide bonds. The van der Waals surface area contributed by atoms with Gasteiger partial charge in [-0.2, -0.15) is 0 Å². The van der Waals surface area contributed by atoms with Crippen molar-refractivity contribution in [2.24, 2.45) is 5.41 Å². The molecule has 14 heavy (non-hydrogen) atoms. The highest BCUT2D eigenvalue weighted by Gasteiger charge is 2.26. The second-order valence-electron chi connectivity index (χ2n) is 4.94. The fourth-order valence-corrected chi connectivity index (χ4v) is 0.583. The Kier molecular flexibility index (Phi) is 6.88. The Morgan fingerprint density at radius 1 is 1.07 bits per heavy atom. The number of rotatable bonds is 2. The van der Waals surface area contributed by atoms with Gasteiger partial charge in [0.2, 0.25) is 5.91 Å². The SMILES string of the molecule is CC.CCC(C)(C)NC(=O)C(C)(C)C. The summed E-state index contributed by atoms with van der Waals surface area (Å²) in [6, 6.07) is 0. The van der Waals surface area contributed by atoms with E-state index in [4.69, 9.17) is 0 Å². The van der Waals surface area contributed by atoms with Crippen LogP contribution in [0, 0.1) is 5.41 Å². The van der Waals surface area contributed by atoms with Gasteiger partial charge in [-0.1, -0.05) is 41.5 Å². The second-order valence-corrected chi connectivity index (χ2v) is 4.94. The van der Waals surface area contributed by atoms with Gasteiger partial charge in [-0.25, -0.2) is 0 Å². The van der Waals surface area contributed by atoms with E-state index in [1.165, 1.54) is 0 Å². The smallest absolute Gasteiger partial charge is 0.225 e. The molecule has 0 bridgehead atoms. The van der Waals surface area contributed by atoms with Crippen LogP contribution >= 0.6 is 0 Å². The van der Waals surface area contributed by atoms with Crippen LogP contribution in [0.5, 0.6) is 0 Å². The lowest BCUT2D eigenvalue weighted by Crippen LogP contribution is -2.47. The molecular weight excluding hydrogens is 174 g/mol. The van der Waals surface area contributed by atoms with Gasteiger partial charge in [0.15, 0.2) is 0 Å². The van der Waals surface area contributed by atoms with E-state index in [9.17, 15) is 4.79 Å². The van der Waals surface area contributed by atoms with Gasteiger partial charge in [0.05, 0.1) is 0 Å². The Balaban J connectivity index is 0. The number of amides is 1. The molecule has 1 N–H and O–H groups in total. The van der Waals surface area contributed by atoms with Crippen LogP contribution in [0.15, 0.2) is 0 Å². The van der Waals surface area contributed by atoms with Crippen LogP contribution < -0.4 is 5.32 Å². The largest absolute Gasteiger partial charge is 0.351 e. The lowest BCUT2D eigenvalue weighted by Gasteiger charge is -2.29. The zero-order valence-electron chi connectivity index (χ0n) is 11.1. The molecule has 0 rings (SSSR count). The lowest BCUT2D eigenvalue weighted by molar-refractivity contribution is -0.130. The molecule has 0 saturated heterocycles. The highest BCUT2D eigenvalue weighted by Crippen LogP contribution is 2.16. The Hall–Kier alpha value is -0.530. The third kappa shape index (κ3) is 6.93. The summed E-state index contributed by atoms with van der Waals surface area (Å²) in [6.07, 6.45) is 0.953. The molecule has 0 heterocycles. The topological polar surface area (TPSA) is 29.1 Å². The van der Waals surface area contributed by atoms with Crippen LogP contribution in [0.1, 0.15) is 61.8 Å². The van der Waals surface area contributed by atoms with Gasteiger partial charge in [-0.3, -0.25) is 4.79 Å². The first-order chi connectivity index (χ1) is 6.19. The monoisotopic (exact) mass is 201 g/mol. The van der Waals surface area contributed by atoms with Gasteiger partial charge in [0, 0.05) is 11.0 Å². The van der Waals surface area contributed by atoms with Crippen molar-refractivity contribution in [1.29, 1.82) is 0 Å². The summed E-state index contributed by atoms with van der Waals surface area (Å²) in [4.78, 5) is 11.5. The molecule has 0 aliphatic carbocycles. The number of hydrogen-bond acceptors (Lipinski definition) is 1. The molecule has 0 atom stereocenters. The van der Waals surface area contributed by atoms with E-state index in [0.29, 0.717) is 0 Å². The number of carbonyl (C=O) groups is 1. The molecule has 0 unspecified atom stereocenters. The highest BCUT2D eigenvalue weighted by atomic mass is 16.2. The van der Waals surface area contributed by atoms with E-state index in [1.54, 1.807) is 0 Å². The molecule has 2 nitrogen and oxygen atoms in total. The first-order valence-electron chi connectivity index (χ1n) is 5.51. The maximum atomic E-state index is 11.5. The van der Waals surface area contributed by atoms with Crippen molar-refractivity contribution in [2.75, 3.05) is 0 Å². The Morgan fingerprint density at radius 3 is 1.64 bits per heavy atom. The third-order valence-electron chi connectivity index (χ3n) is 2.02. The van der Waals surface area contributed by atoms with Gasteiger partial charge in [0.1, 0.15) is 0 Å². The van der Waals surface area contributed by atoms with Gasteiger partial charge in [-0.15, -0.1) is 0 Å². The van der Waals surface area contributed by atoms with Crippen LogP contribution in [0.25, 0.3) is 0 Å². The summed E-state index contributed by atoms with van der Waals surface area (Å²) < 4.78 is 0. The molecule has 0 radical (unpaired) electrons. The van der Waals surface area contributed by atoms with E-state index in [-0.39, 0.29) is 16.9 Å². The molecular formula is C12H27NO. The van der Waals surface area contributed by atoms with Crippen molar-refractivity contribution in [3.8, 4) is 0 Å². The molecule has 86 valence electrons. The van der Waals surface area contributed by atoms with Crippen molar-refractivity contribution < 1.29 is 4.79 Å². The van der Waals surface area contributed by atoms with Crippen molar-refractivity contribution >= 4 is 5.91 Å². The summed E-state index contributed by atoms with van der Waals surface area (Å²) in [5.74, 6) is 0.120. The van der Waals surface area contributed by atoms with Crippen molar-refractivity contribution in [3.63, 3.8) is 0 Å². The average molecular weight is 201 g/mol. The Labute approximate surface area is 89.5 Å². The van der Waals surface area contributed by atoms with E-state index in [1.807, 2.05) is 48.5 Å². The van der Waals surface area contributed by atoms with E-state index in [2.05, 4.69) is 12.2 Å². The van der Waals surface area contributed by atoms with Crippen LogP contribution in [0.2, 0.25) is 0 Å². The Morgan fingerprint density at radius 2 is 1.43 bits per heavy atom. The van der Waals surface area contributed by atoms with Gasteiger partial charge in [0.25, 0.3) is 0 Å². The average Bonchev–Trinajstić information content (AvgIpc) is 2.06. The predicted octanol–water partition coefficient (Wildman–Crippen LogP) is 3.36. The minimum absolute atomic E-state index is 0.0790. The lowest BCUT2D eigenvalue weighted by atomic mass is 9.92. The summed E-state index contributed by atoms with van der Waals surface area (Å²) in [7, 11) is 0. The Bertz CT molecular complexity index is 166. The third-order valence-corrected chi connectivity index (χ3v) is 2.02. The van der Waals surface area contributed by atoms with Gasteiger partial charge >= 0.3 is 0 Å².